The van der Waals surface area contributed by atoms with Crippen LogP contribution in [-0.2, 0) is 0 Å². The number of oxazole rings is 1. The number of halogens is 2. The van der Waals surface area contributed by atoms with Gasteiger partial charge in [-0.25, -0.2) is 13.8 Å². The third-order valence-corrected chi connectivity index (χ3v) is 7.58. The molecule has 1 amide bonds. The van der Waals surface area contributed by atoms with Crippen LogP contribution in [-0.4, -0.2) is 30.0 Å². The first kappa shape index (κ1) is 24.3. The van der Waals surface area contributed by atoms with Crippen molar-refractivity contribution in [3.05, 3.63) is 65.9 Å². The standard InChI is InChI=1S/C28H32F2N4O2/c29-23-11-10-22(15-24(23)30)34-12-4-5-18(17-34)13-19-6-1-2-9-25(19)33-28-32-16-26(36-28)20-7-3-8-21(14-20)27(31)35/h3,7-8,10-11,14-16,18-19,25H,1-2,4-6,9,12-13,17H2,(H2,31,35)(H,32,33)/t18-,19+,25-/m1/s1. The van der Waals surface area contributed by atoms with Crippen LogP contribution in [0.2, 0.25) is 0 Å². The highest BCUT2D eigenvalue weighted by atomic mass is 19.2. The first-order valence-electron chi connectivity index (χ1n) is 12.8. The monoisotopic (exact) mass is 494 g/mol. The number of hydrogen-bond acceptors (Lipinski definition) is 5. The topological polar surface area (TPSA) is 84.4 Å². The fourth-order valence-corrected chi connectivity index (χ4v) is 5.74. The average molecular weight is 495 g/mol. The number of nitrogens with one attached hydrogen (secondary N) is 1. The average Bonchev–Trinajstić information content (AvgIpc) is 3.36. The van der Waals surface area contributed by atoms with Crippen molar-refractivity contribution >= 4 is 17.6 Å². The second-order valence-electron chi connectivity index (χ2n) is 10.1. The third kappa shape index (κ3) is 5.53. The maximum atomic E-state index is 13.8. The van der Waals surface area contributed by atoms with E-state index in [1.807, 2.05) is 6.07 Å². The quantitative estimate of drug-likeness (QED) is 0.421. The van der Waals surface area contributed by atoms with Gasteiger partial charge in [-0.1, -0.05) is 25.0 Å². The Morgan fingerprint density at radius 1 is 1.08 bits per heavy atom. The van der Waals surface area contributed by atoms with Crippen molar-refractivity contribution in [1.29, 1.82) is 0 Å². The molecule has 0 spiro atoms. The van der Waals surface area contributed by atoms with Gasteiger partial charge >= 0.3 is 0 Å². The van der Waals surface area contributed by atoms with Crippen LogP contribution >= 0.6 is 0 Å². The minimum Gasteiger partial charge on any atom is -0.424 e. The number of anilines is 2. The van der Waals surface area contributed by atoms with Gasteiger partial charge in [0.25, 0.3) is 6.01 Å². The summed E-state index contributed by atoms with van der Waals surface area (Å²) in [6.45, 7) is 1.72. The van der Waals surface area contributed by atoms with Crippen LogP contribution in [0, 0.1) is 23.5 Å². The lowest BCUT2D eigenvalue weighted by molar-refractivity contribution is 0.100. The van der Waals surface area contributed by atoms with Gasteiger partial charge in [0, 0.05) is 42.0 Å². The number of carbonyl (C=O) groups is 1. The molecule has 1 aliphatic carbocycles. The molecular formula is C28H32F2N4O2. The molecule has 2 heterocycles. The van der Waals surface area contributed by atoms with Crippen molar-refractivity contribution in [2.24, 2.45) is 17.6 Å². The molecule has 3 N–H and O–H groups in total. The summed E-state index contributed by atoms with van der Waals surface area (Å²) >= 11 is 0. The fourth-order valence-electron chi connectivity index (χ4n) is 5.74. The lowest BCUT2D eigenvalue weighted by Crippen LogP contribution is -2.39. The minimum absolute atomic E-state index is 0.265. The van der Waals surface area contributed by atoms with E-state index in [1.54, 1.807) is 30.5 Å². The van der Waals surface area contributed by atoms with Crippen LogP contribution in [0.5, 0.6) is 0 Å². The number of aromatic nitrogens is 1. The summed E-state index contributed by atoms with van der Waals surface area (Å²) in [7, 11) is 0. The highest BCUT2D eigenvalue weighted by Crippen LogP contribution is 2.36. The molecule has 2 aliphatic rings. The van der Waals surface area contributed by atoms with Crippen LogP contribution in [0.15, 0.2) is 53.1 Å². The molecule has 1 saturated carbocycles. The largest absolute Gasteiger partial charge is 0.424 e. The van der Waals surface area contributed by atoms with Crippen LogP contribution < -0.4 is 16.0 Å². The number of hydrogen-bond donors (Lipinski definition) is 2. The molecule has 3 aromatic rings. The van der Waals surface area contributed by atoms with E-state index in [0.29, 0.717) is 29.2 Å². The van der Waals surface area contributed by atoms with E-state index < -0.39 is 17.5 Å². The second-order valence-corrected chi connectivity index (χ2v) is 10.1. The van der Waals surface area contributed by atoms with Crippen LogP contribution in [0.4, 0.5) is 20.5 Å². The highest BCUT2D eigenvalue weighted by molar-refractivity contribution is 5.93. The molecular weight excluding hydrogens is 462 g/mol. The third-order valence-electron chi connectivity index (χ3n) is 7.58. The van der Waals surface area contributed by atoms with E-state index in [-0.39, 0.29) is 6.04 Å². The Labute approximate surface area is 209 Å². The predicted octanol–water partition coefficient (Wildman–Crippen LogP) is 6.00. The molecule has 1 aliphatic heterocycles. The SMILES string of the molecule is NC(=O)c1cccc(-c2cnc(N[C@@H]3CCCC[C@H]3C[C@H]3CCCN(c4ccc(F)c(F)c4)C3)o2)c1. The van der Waals surface area contributed by atoms with Crippen molar-refractivity contribution in [3.63, 3.8) is 0 Å². The summed E-state index contributed by atoms with van der Waals surface area (Å²) < 4.78 is 33.2. The van der Waals surface area contributed by atoms with E-state index in [2.05, 4.69) is 15.2 Å². The summed E-state index contributed by atoms with van der Waals surface area (Å²) in [5.74, 6) is -0.511. The Bertz CT molecular complexity index is 1210. The Morgan fingerprint density at radius 2 is 1.94 bits per heavy atom. The van der Waals surface area contributed by atoms with Gasteiger partial charge in [0.05, 0.1) is 6.20 Å². The van der Waals surface area contributed by atoms with E-state index in [4.69, 9.17) is 10.2 Å². The zero-order chi connectivity index (χ0) is 25.1. The van der Waals surface area contributed by atoms with E-state index in [1.165, 1.54) is 18.6 Å². The summed E-state index contributed by atoms with van der Waals surface area (Å²) in [4.78, 5) is 18.1. The Hall–Kier alpha value is -3.42. The molecule has 6 nitrogen and oxygen atoms in total. The van der Waals surface area contributed by atoms with E-state index in [9.17, 15) is 13.6 Å². The van der Waals surface area contributed by atoms with Gasteiger partial charge in [0.15, 0.2) is 17.4 Å². The lowest BCUT2D eigenvalue weighted by atomic mass is 9.77. The molecule has 0 unspecified atom stereocenters. The van der Waals surface area contributed by atoms with E-state index in [0.717, 1.165) is 62.9 Å². The number of primary amides is 1. The summed E-state index contributed by atoms with van der Waals surface area (Å²) in [5.41, 5.74) is 7.34. The van der Waals surface area contributed by atoms with Crippen LogP contribution in [0.3, 0.4) is 0 Å². The number of benzene rings is 2. The number of carbonyl (C=O) groups excluding carboxylic acids is 1. The first-order chi connectivity index (χ1) is 17.5. The van der Waals surface area contributed by atoms with Crippen molar-refractivity contribution in [1.82, 2.24) is 4.98 Å². The Balaban J connectivity index is 1.23. The number of nitrogens with zero attached hydrogens (tertiary/aromatic N) is 2. The van der Waals surface area contributed by atoms with Gasteiger partial charge in [0.1, 0.15) is 0 Å². The molecule has 5 rings (SSSR count). The molecule has 3 atom stereocenters. The maximum absolute atomic E-state index is 13.8. The van der Waals surface area contributed by atoms with Crippen molar-refractivity contribution < 1.29 is 18.0 Å². The van der Waals surface area contributed by atoms with Crippen molar-refractivity contribution in [2.45, 2.75) is 51.0 Å². The van der Waals surface area contributed by atoms with E-state index >= 15 is 0 Å². The normalized spacial score (nSPS) is 22.4. The van der Waals surface area contributed by atoms with Gasteiger partial charge in [-0.05, 0) is 68.2 Å². The summed E-state index contributed by atoms with van der Waals surface area (Å²) in [5, 5.41) is 3.53. The zero-order valence-corrected chi connectivity index (χ0v) is 20.3. The second kappa shape index (κ2) is 10.7. The molecule has 8 heteroatoms. The molecule has 190 valence electrons. The maximum Gasteiger partial charge on any atom is 0.295 e. The molecule has 0 radical (unpaired) electrons. The van der Waals surface area contributed by atoms with Crippen molar-refractivity contribution in [2.75, 3.05) is 23.3 Å². The van der Waals surface area contributed by atoms with Gasteiger partial charge in [-0.3, -0.25) is 4.79 Å². The molecule has 1 saturated heterocycles. The zero-order valence-electron chi connectivity index (χ0n) is 20.3. The molecule has 36 heavy (non-hydrogen) atoms. The van der Waals surface area contributed by atoms with Crippen LogP contribution in [0.1, 0.15) is 55.3 Å². The van der Waals surface area contributed by atoms with Gasteiger partial charge < -0.3 is 20.4 Å². The number of amides is 1. The lowest BCUT2D eigenvalue weighted by Gasteiger charge is -2.39. The number of piperidine rings is 1. The van der Waals surface area contributed by atoms with Gasteiger partial charge in [0.2, 0.25) is 5.91 Å². The smallest absolute Gasteiger partial charge is 0.295 e. The number of nitrogens with two attached hydrogens (primary N) is 1. The molecule has 2 aromatic carbocycles. The molecule has 0 bridgehead atoms. The van der Waals surface area contributed by atoms with Crippen LogP contribution in [0.25, 0.3) is 11.3 Å². The van der Waals surface area contributed by atoms with Crippen molar-refractivity contribution in [3.8, 4) is 11.3 Å². The predicted molar refractivity (Wildman–Crippen MR) is 136 cm³/mol. The summed E-state index contributed by atoms with van der Waals surface area (Å²) in [6, 6.07) is 12.0. The highest BCUT2D eigenvalue weighted by Gasteiger charge is 2.31. The fraction of sp³-hybridized carbons (Fsp3) is 0.429. The first-order valence-corrected chi connectivity index (χ1v) is 12.8. The minimum atomic E-state index is -0.807. The molecule has 2 fully saturated rings. The molecule has 1 aromatic heterocycles. The number of rotatable bonds is 7. The Kier molecular flexibility index (Phi) is 7.20. The van der Waals surface area contributed by atoms with Gasteiger partial charge in [-0.2, -0.15) is 0 Å². The Morgan fingerprint density at radius 3 is 2.78 bits per heavy atom. The summed E-state index contributed by atoms with van der Waals surface area (Å²) in [6.07, 6.45) is 9.50. The van der Waals surface area contributed by atoms with Gasteiger partial charge in [-0.15, -0.1) is 0 Å².